The van der Waals surface area contributed by atoms with Gasteiger partial charge in [0.1, 0.15) is 18.0 Å². The van der Waals surface area contributed by atoms with Crippen molar-refractivity contribution in [2.75, 3.05) is 6.61 Å². The van der Waals surface area contributed by atoms with Gasteiger partial charge in [0.25, 0.3) is 17.4 Å². The van der Waals surface area contributed by atoms with Crippen molar-refractivity contribution in [1.82, 2.24) is 20.4 Å². The molecule has 0 aliphatic heterocycles. The summed E-state index contributed by atoms with van der Waals surface area (Å²) in [5.41, 5.74) is 4.77. The minimum absolute atomic E-state index is 0.287. The topological polar surface area (TPSA) is 112 Å². The van der Waals surface area contributed by atoms with Crippen LogP contribution in [0.25, 0.3) is 10.9 Å². The predicted molar refractivity (Wildman–Crippen MR) is 110 cm³/mol. The molecule has 0 bridgehead atoms. The van der Waals surface area contributed by atoms with E-state index in [2.05, 4.69) is 15.8 Å². The van der Waals surface area contributed by atoms with E-state index in [0.717, 1.165) is 0 Å². The first-order valence-corrected chi connectivity index (χ1v) is 9.40. The number of benzene rings is 2. The summed E-state index contributed by atoms with van der Waals surface area (Å²) in [4.78, 5) is 40.8. The molecule has 9 heteroatoms. The fourth-order valence-corrected chi connectivity index (χ4v) is 2.68. The Morgan fingerprint density at radius 3 is 2.50 bits per heavy atom. The summed E-state index contributed by atoms with van der Waals surface area (Å²) in [5.74, 6) is 0.0749. The zero-order chi connectivity index (χ0) is 21.5. The quantitative estimate of drug-likeness (QED) is 0.570. The van der Waals surface area contributed by atoms with E-state index in [1.54, 1.807) is 55.5 Å². The van der Waals surface area contributed by atoms with E-state index in [-0.39, 0.29) is 12.1 Å². The molecule has 2 amide bonds. The van der Waals surface area contributed by atoms with Crippen molar-refractivity contribution in [2.24, 2.45) is 0 Å². The number of carbonyl (C=O) groups is 2. The Bertz CT molecular complexity index is 1090. The molecule has 1 heterocycles. The highest BCUT2D eigenvalue weighted by Gasteiger charge is 2.16. The number of hydrogen-bond acceptors (Lipinski definition) is 6. The van der Waals surface area contributed by atoms with Gasteiger partial charge < -0.3 is 9.47 Å². The van der Waals surface area contributed by atoms with Crippen LogP contribution in [0, 0.1) is 0 Å². The summed E-state index contributed by atoms with van der Waals surface area (Å²) in [6, 6.07) is 13.7. The molecule has 0 fully saturated rings. The lowest BCUT2D eigenvalue weighted by molar-refractivity contribution is -0.133. The molecule has 3 aromatic rings. The summed E-state index contributed by atoms with van der Waals surface area (Å²) >= 11 is 0. The third kappa shape index (κ3) is 5.13. The number of hydrazine groups is 1. The standard InChI is InChI=1S/C21H22N4O5/c1-3-29-15-8-10-16(11-9-15)30-14(2)20(27)24-23-19(26)12-25-13-22-18-7-5-4-6-17(18)21(25)28/h4-11,13-14H,3,12H2,1-2H3,(H,23,26)(H,24,27)/t14-/m1/s1. The van der Waals surface area contributed by atoms with Gasteiger partial charge in [0.15, 0.2) is 6.10 Å². The minimum atomic E-state index is -0.853. The van der Waals surface area contributed by atoms with Gasteiger partial charge in [-0.25, -0.2) is 4.98 Å². The Labute approximate surface area is 172 Å². The van der Waals surface area contributed by atoms with Crippen LogP contribution in [0.4, 0.5) is 0 Å². The lowest BCUT2D eigenvalue weighted by Crippen LogP contribution is -2.48. The maximum absolute atomic E-state index is 12.4. The SMILES string of the molecule is CCOc1ccc(O[C@H](C)C(=O)NNC(=O)Cn2cnc3ccccc3c2=O)cc1. The van der Waals surface area contributed by atoms with Gasteiger partial charge in [0.05, 0.1) is 23.8 Å². The number of rotatable bonds is 7. The lowest BCUT2D eigenvalue weighted by Gasteiger charge is -2.15. The Morgan fingerprint density at radius 2 is 1.77 bits per heavy atom. The monoisotopic (exact) mass is 410 g/mol. The van der Waals surface area contributed by atoms with Gasteiger partial charge in [-0.15, -0.1) is 0 Å². The number of ether oxygens (including phenoxy) is 2. The van der Waals surface area contributed by atoms with E-state index in [4.69, 9.17) is 9.47 Å². The average molecular weight is 410 g/mol. The highest BCUT2D eigenvalue weighted by Crippen LogP contribution is 2.18. The lowest BCUT2D eigenvalue weighted by atomic mass is 10.2. The molecule has 0 spiro atoms. The Morgan fingerprint density at radius 1 is 1.07 bits per heavy atom. The van der Waals surface area contributed by atoms with E-state index in [0.29, 0.717) is 29.0 Å². The predicted octanol–water partition coefficient (Wildman–Crippen LogP) is 1.41. The molecule has 1 aromatic heterocycles. The second-order valence-corrected chi connectivity index (χ2v) is 6.40. The van der Waals surface area contributed by atoms with Crippen LogP contribution in [0.2, 0.25) is 0 Å². The summed E-state index contributed by atoms with van der Waals surface area (Å²) < 4.78 is 12.1. The number of nitrogens with one attached hydrogen (secondary N) is 2. The molecular formula is C21H22N4O5. The number of para-hydroxylation sites is 1. The second kappa shape index (κ2) is 9.55. The fraction of sp³-hybridized carbons (Fsp3) is 0.238. The number of carbonyl (C=O) groups excluding carboxylic acids is 2. The summed E-state index contributed by atoms with van der Waals surface area (Å²) in [6.45, 7) is 3.71. The molecule has 0 saturated heterocycles. The van der Waals surface area contributed by atoms with Crippen molar-refractivity contribution in [2.45, 2.75) is 26.5 Å². The van der Waals surface area contributed by atoms with Crippen LogP contribution in [0.15, 0.2) is 59.7 Å². The molecule has 0 aliphatic carbocycles. The van der Waals surface area contributed by atoms with E-state index in [1.807, 2.05) is 6.92 Å². The van der Waals surface area contributed by atoms with Gasteiger partial charge in [0, 0.05) is 0 Å². The molecule has 2 N–H and O–H groups in total. The van der Waals surface area contributed by atoms with Crippen LogP contribution in [0.3, 0.4) is 0 Å². The van der Waals surface area contributed by atoms with Crippen LogP contribution < -0.4 is 25.9 Å². The average Bonchev–Trinajstić information content (AvgIpc) is 2.75. The first-order valence-electron chi connectivity index (χ1n) is 9.40. The fourth-order valence-electron chi connectivity index (χ4n) is 2.68. The smallest absolute Gasteiger partial charge is 0.279 e. The summed E-state index contributed by atoms with van der Waals surface area (Å²) in [5, 5.41) is 0.411. The van der Waals surface area contributed by atoms with Crippen LogP contribution in [-0.4, -0.2) is 34.1 Å². The molecule has 1 atom stereocenters. The largest absolute Gasteiger partial charge is 0.494 e. The van der Waals surface area contributed by atoms with Crippen molar-refractivity contribution < 1.29 is 19.1 Å². The third-order valence-electron chi connectivity index (χ3n) is 4.19. The van der Waals surface area contributed by atoms with E-state index in [1.165, 1.54) is 10.9 Å². The van der Waals surface area contributed by atoms with Gasteiger partial charge in [-0.2, -0.15) is 0 Å². The van der Waals surface area contributed by atoms with Crippen LogP contribution >= 0.6 is 0 Å². The molecule has 0 saturated carbocycles. The molecule has 0 aliphatic rings. The Kier molecular flexibility index (Phi) is 6.63. The molecule has 156 valence electrons. The highest BCUT2D eigenvalue weighted by molar-refractivity contribution is 5.84. The first-order chi connectivity index (χ1) is 14.5. The van der Waals surface area contributed by atoms with E-state index < -0.39 is 17.9 Å². The van der Waals surface area contributed by atoms with Gasteiger partial charge in [-0.1, -0.05) is 12.1 Å². The van der Waals surface area contributed by atoms with Crippen LogP contribution in [0.5, 0.6) is 11.5 Å². The number of aromatic nitrogens is 2. The first kappa shape index (κ1) is 20.8. The molecule has 3 rings (SSSR count). The van der Waals surface area contributed by atoms with Crippen molar-refractivity contribution in [3.8, 4) is 11.5 Å². The molecule has 0 radical (unpaired) electrons. The molecule has 30 heavy (non-hydrogen) atoms. The number of hydrogen-bond donors (Lipinski definition) is 2. The molecule has 2 aromatic carbocycles. The molecular weight excluding hydrogens is 388 g/mol. The number of nitrogens with zero attached hydrogens (tertiary/aromatic N) is 2. The van der Waals surface area contributed by atoms with Gasteiger partial charge in [-0.05, 0) is 50.2 Å². The van der Waals surface area contributed by atoms with Crippen molar-refractivity contribution in [1.29, 1.82) is 0 Å². The third-order valence-corrected chi connectivity index (χ3v) is 4.19. The minimum Gasteiger partial charge on any atom is -0.494 e. The van der Waals surface area contributed by atoms with Crippen LogP contribution in [0.1, 0.15) is 13.8 Å². The number of amides is 2. The maximum Gasteiger partial charge on any atom is 0.279 e. The van der Waals surface area contributed by atoms with Crippen LogP contribution in [-0.2, 0) is 16.1 Å². The van der Waals surface area contributed by atoms with E-state index >= 15 is 0 Å². The van der Waals surface area contributed by atoms with Gasteiger partial charge >= 0.3 is 0 Å². The van der Waals surface area contributed by atoms with Gasteiger partial charge in [0.2, 0.25) is 0 Å². The maximum atomic E-state index is 12.4. The van der Waals surface area contributed by atoms with Gasteiger partial charge in [-0.3, -0.25) is 29.8 Å². The van der Waals surface area contributed by atoms with Crippen molar-refractivity contribution in [3.05, 3.63) is 65.2 Å². The van der Waals surface area contributed by atoms with Crippen molar-refractivity contribution in [3.63, 3.8) is 0 Å². The van der Waals surface area contributed by atoms with E-state index in [9.17, 15) is 14.4 Å². The zero-order valence-electron chi connectivity index (χ0n) is 16.6. The highest BCUT2D eigenvalue weighted by atomic mass is 16.5. The Hall–Kier alpha value is -3.88. The normalized spacial score (nSPS) is 11.5. The molecule has 9 nitrogen and oxygen atoms in total. The summed E-state index contributed by atoms with van der Waals surface area (Å²) in [6.07, 6.45) is 0.442. The zero-order valence-corrected chi connectivity index (χ0v) is 16.6. The Balaban J connectivity index is 1.52. The second-order valence-electron chi connectivity index (χ2n) is 6.40. The number of fused-ring (bicyclic) bond motifs is 1. The summed E-state index contributed by atoms with van der Waals surface area (Å²) in [7, 11) is 0. The molecule has 0 unspecified atom stereocenters. The van der Waals surface area contributed by atoms with Crippen molar-refractivity contribution >= 4 is 22.7 Å².